The number of aryl methyl sites for hydroxylation is 1. The number of nitrogens with two attached hydrogens (primary N) is 1. The van der Waals surface area contributed by atoms with Crippen molar-refractivity contribution < 1.29 is 0 Å². The molecular formula is C12H18N4. The van der Waals surface area contributed by atoms with Crippen molar-refractivity contribution in [1.29, 1.82) is 0 Å². The summed E-state index contributed by atoms with van der Waals surface area (Å²) in [6, 6.07) is 0. The maximum Gasteiger partial charge on any atom is 0.0896 e. The number of nitrogens with zero attached hydrogens (tertiary/aromatic N) is 2. The fourth-order valence-corrected chi connectivity index (χ4v) is 1.94. The molecule has 0 unspecified atom stereocenters. The number of nitrogens with one attached hydrogen (secondary N) is 1. The van der Waals surface area contributed by atoms with Crippen LogP contribution in [0.4, 0.5) is 5.69 Å². The largest absolute Gasteiger partial charge is 0.401 e. The van der Waals surface area contributed by atoms with Gasteiger partial charge in [-0.05, 0) is 25.2 Å². The van der Waals surface area contributed by atoms with Crippen LogP contribution in [0.5, 0.6) is 0 Å². The lowest BCUT2D eigenvalue weighted by molar-refractivity contribution is 0.888. The van der Waals surface area contributed by atoms with Crippen LogP contribution in [0, 0.1) is 5.92 Å². The minimum absolute atomic E-state index is 0.515. The van der Waals surface area contributed by atoms with Crippen LogP contribution in [-0.2, 0) is 6.42 Å². The smallest absolute Gasteiger partial charge is 0.0896 e. The summed E-state index contributed by atoms with van der Waals surface area (Å²) in [4.78, 5) is 0. The van der Waals surface area contributed by atoms with E-state index in [1.54, 1.807) is 0 Å². The molecule has 0 aromatic carbocycles. The highest BCUT2D eigenvalue weighted by Gasteiger charge is 2.25. The molecule has 16 heavy (non-hydrogen) atoms. The zero-order valence-corrected chi connectivity index (χ0v) is 9.88. The molecule has 1 heterocycles. The van der Waals surface area contributed by atoms with Crippen molar-refractivity contribution in [3.8, 4) is 0 Å². The van der Waals surface area contributed by atoms with Gasteiger partial charge in [-0.25, -0.2) is 0 Å². The van der Waals surface area contributed by atoms with Crippen molar-refractivity contribution in [3.05, 3.63) is 16.3 Å². The summed E-state index contributed by atoms with van der Waals surface area (Å²) in [5, 5.41) is 13.1. The molecule has 1 aliphatic rings. The van der Waals surface area contributed by atoms with Crippen LogP contribution in [0.3, 0.4) is 0 Å². The topological polar surface area (TPSA) is 63.8 Å². The first-order chi connectivity index (χ1) is 7.69. The Kier molecular flexibility index (Phi) is 2.81. The average molecular weight is 218 g/mol. The first kappa shape index (κ1) is 10.9. The summed E-state index contributed by atoms with van der Waals surface area (Å²) in [7, 11) is 1.89. The van der Waals surface area contributed by atoms with E-state index in [1.165, 1.54) is 12.8 Å². The van der Waals surface area contributed by atoms with Crippen LogP contribution in [0.15, 0.2) is 0 Å². The zero-order valence-electron chi connectivity index (χ0n) is 9.88. The summed E-state index contributed by atoms with van der Waals surface area (Å²) in [6.07, 6.45) is 3.20. The highest BCUT2D eigenvalue weighted by molar-refractivity contribution is 5.59. The molecule has 0 amide bonds. The monoisotopic (exact) mass is 218 g/mol. The van der Waals surface area contributed by atoms with Gasteiger partial charge in [-0.3, -0.25) is 0 Å². The molecular weight excluding hydrogens is 200 g/mol. The predicted octanol–water partition coefficient (Wildman–Crippen LogP) is -0.0321. The number of hydrogen-bond donors (Lipinski definition) is 2. The van der Waals surface area contributed by atoms with E-state index in [1.807, 2.05) is 7.05 Å². The molecule has 0 spiro atoms. The summed E-state index contributed by atoms with van der Waals surface area (Å²) in [5.74, 6) is 0.515. The number of aromatic nitrogens is 2. The number of hydrogen-bond acceptors (Lipinski definition) is 4. The Balaban J connectivity index is 2.75. The van der Waals surface area contributed by atoms with Gasteiger partial charge in [0.2, 0.25) is 0 Å². The van der Waals surface area contributed by atoms with Crippen molar-refractivity contribution in [2.24, 2.45) is 11.7 Å². The van der Waals surface area contributed by atoms with Gasteiger partial charge < -0.3 is 11.1 Å². The Morgan fingerprint density at radius 1 is 1.50 bits per heavy atom. The minimum Gasteiger partial charge on any atom is -0.401 e. The van der Waals surface area contributed by atoms with Crippen LogP contribution < -0.4 is 21.6 Å². The molecule has 0 aliphatic heterocycles. The average Bonchev–Trinajstić information content (AvgIpc) is 3.11. The van der Waals surface area contributed by atoms with Crippen LogP contribution in [-0.4, -0.2) is 17.2 Å². The lowest BCUT2D eigenvalue weighted by atomic mass is 10.1. The van der Waals surface area contributed by atoms with Crippen molar-refractivity contribution in [3.63, 3.8) is 0 Å². The van der Waals surface area contributed by atoms with Gasteiger partial charge in [-0.1, -0.05) is 13.5 Å². The molecule has 1 saturated carbocycles. The lowest BCUT2D eigenvalue weighted by Crippen LogP contribution is -2.36. The highest BCUT2D eigenvalue weighted by atomic mass is 15.1. The van der Waals surface area contributed by atoms with E-state index >= 15 is 0 Å². The van der Waals surface area contributed by atoms with E-state index in [4.69, 9.17) is 5.73 Å². The molecule has 0 bridgehead atoms. The van der Waals surface area contributed by atoms with Gasteiger partial charge in [0.15, 0.2) is 0 Å². The molecule has 3 N–H and O–H groups in total. The van der Waals surface area contributed by atoms with E-state index in [9.17, 15) is 0 Å². The molecule has 4 nitrogen and oxygen atoms in total. The molecule has 2 rings (SSSR count). The van der Waals surface area contributed by atoms with Gasteiger partial charge in [0.25, 0.3) is 0 Å². The van der Waals surface area contributed by atoms with Crippen molar-refractivity contribution in [1.82, 2.24) is 10.2 Å². The molecule has 86 valence electrons. The molecule has 0 atom stereocenters. The SMILES string of the molecule is C=c1nnc(CC)c(NC)c1=C(N)C1CC1. The Morgan fingerprint density at radius 2 is 2.19 bits per heavy atom. The van der Waals surface area contributed by atoms with Crippen LogP contribution in [0.1, 0.15) is 25.5 Å². The van der Waals surface area contributed by atoms with Gasteiger partial charge in [0, 0.05) is 18.0 Å². The summed E-state index contributed by atoms with van der Waals surface area (Å²) < 4.78 is 0. The second-order valence-corrected chi connectivity index (χ2v) is 4.18. The summed E-state index contributed by atoms with van der Waals surface area (Å²) in [6.45, 7) is 5.98. The molecule has 4 heteroatoms. The first-order valence-electron chi connectivity index (χ1n) is 5.71. The minimum atomic E-state index is 0.515. The van der Waals surface area contributed by atoms with E-state index in [0.29, 0.717) is 11.3 Å². The molecule has 1 aromatic heterocycles. The Morgan fingerprint density at radius 3 is 2.69 bits per heavy atom. The fraction of sp³-hybridized carbons (Fsp3) is 0.500. The van der Waals surface area contributed by atoms with Crippen molar-refractivity contribution >= 4 is 18.0 Å². The molecule has 0 radical (unpaired) electrons. The first-order valence-corrected chi connectivity index (χ1v) is 5.71. The fourth-order valence-electron chi connectivity index (χ4n) is 1.94. The van der Waals surface area contributed by atoms with Gasteiger partial charge in [-0.2, -0.15) is 10.2 Å². The van der Waals surface area contributed by atoms with E-state index < -0.39 is 0 Å². The molecule has 1 aromatic rings. The van der Waals surface area contributed by atoms with Crippen LogP contribution in [0.25, 0.3) is 12.3 Å². The summed E-state index contributed by atoms with van der Waals surface area (Å²) >= 11 is 0. The molecule has 1 fully saturated rings. The second-order valence-electron chi connectivity index (χ2n) is 4.18. The maximum atomic E-state index is 6.17. The van der Waals surface area contributed by atoms with E-state index in [0.717, 1.165) is 28.7 Å². The number of anilines is 1. The molecule has 0 saturated heterocycles. The predicted molar refractivity (Wildman–Crippen MR) is 66.0 cm³/mol. The Hall–Kier alpha value is -1.58. The van der Waals surface area contributed by atoms with Gasteiger partial charge in [0.1, 0.15) is 0 Å². The third-order valence-electron chi connectivity index (χ3n) is 3.01. The van der Waals surface area contributed by atoms with E-state index in [-0.39, 0.29) is 0 Å². The van der Waals surface area contributed by atoms with Crippen molar-refractivity contribution in [2.45, 2.75) is 26.2 Å². The van der Waals surface area contributed by atoms with Gasteiger partial charge in [0.05, 0.1) is 16.7 Å². The van der Waals surface area contributed by atoms with Crippen molar-refractivity contribution in [2.75, 3.05) is 12.4 Å². The van der Waals surface area contributed by atoms with Gasteiger partial charge >= 0.3 is 0 Å². The highest BCUT2D eigenvalue weighted by Crippen LogP contribution is 2.34. The third kappa shape index (κ3) is 1.75. The van der Waals surface area contributed by atoms with Gasteiger partial charge in [-0.15, -0.1) is 0 Å². The normalized spacial score (nSPS) is 17.1. The lowest BCUT2D eigenvalue weighted by Gasteiger charge is -2.09. The zero-order chi connectivity index (χ0) is 11.7. The summed E-state index contributed by atoms with van der Waals surface area (Å²) in [5.41, 5.74) is 9.03. The second kappa shape index (κ2) is 4.12. The van der Waals surface area contributed by atoms with Crippen LogP contribution >= 0.6 is 0 Å². The Labute approximate surface area is 95.3 Å². The number of rotatable bonds is 3. The van der Waals surface area contributed by atoms with E-state index in [2.05, 4.69) is 29.0 Å². The standard InChI is InChI=1S/C12H18N4/c1-4-9-12(14-3)10(7(2)15-16-9)11(13)8-5-6-8/h8,14H,2,4-6,13H2,1,3H3. The maximum absolute atomic E-state index is 6.17. The quantitative estimate of drug-likeness (QED) is 0.747. The third-order valence-corrected chi connectivity index (χ3v) is 3.01. The molecule has 1 aliphatic carbocycles. The Bertz CT molecular complexity index is 502. The van der Waals surface area contributed by atoms with Crippen LogP contribution in [0.2, 0.25) is 0 Å².